The summed E-state index contributed by atoms with van der Waals surface area (Å²) in [5.41, 5.74) is 1.31. The maximum Gasteiger partial charge on any atom is 0.132 e. The average molecular weight is 233 g/mol. The molecule has 0 atom stereocenters. The van der Waals surface area contributed by atoms with Gasteiger partial charge >= 0.3 is 0 Å². The van der Waals surface area contributed by atoms with E-state index in [1.165, 1.54) is 31.2 Å². The Kier molecular flexibility index (Phi) is 4.37. The van der Waals surface area contributed by atoms with Gasteiger partial charge in [0, 0.05) is 31.4 Å². The molecule has 0 bridgehead atoms. The third-order valence-electron chi connectivity index (χ3n) is 3.64. The minimum atomic E-state index is 0.685. The molecule has 0 radical (unpaired) electrons. The lowest BCUT2D eigenvalue weighted by atomic mass is 10.2. The zero-order valence-corrected chi connectivity index (χ0v) is 10.9. The maximum atomic E-state index is 4.56. The van der Waals surface area contributed by atoms with E-state index in [0.29, 0.717) is 6.04 Å². The molecule has 3 heteroatoms. The van der Waals surface area contributed by atoms with E-state index >= 15 is 0 Å². The molecule has 0 saturated heterocycles. The van der Waals surface area contributed by atoms with Crippen molar-refractivity contribution in [1.82, 2.24) is 10.3 Å². The molecule has 1 aromatic rings. The first-order valence-electron chi connectivity index (χ1n) is 6.70. The van der Waals surface area contributed by atoms with Gasteiger partial charge in [-0.2, -0.15) is 0 Å². The van der Waals surface area contributed by atoms with E-state index in [-0.39, 0.29) is 0 Å². The summed E-state index contributed by atoms with van der Waals surface area (Å²) in [6, 6.07) is 4.89. The highest BCUT2D eigenvalue weighted by Crippen LogP contribution is 2.27. The first kappa shape index (κ1) is 12.4. The zero-order valence-electron chi connectivity index (χ0n) is 10.9. The second kappa shape index (κ2) is 6.01. The van der Waals surface area contributed by atoms with Gasteiger partial charge in [0.25, 0.3) is 0 Å². The summed E-state index contributed by atoms with van der Waals surface area (Å²) in [6.45, 7) is 4.05. The Hall–Kier alpha value is -1.09. The fourth-order valence-corrected chi connectivity index (χ4v) is 2.61. The zero-order chi connectivity index (χ0) is 12.1. The number of nitrogens with zero attached hydrogens (tertiary/aromatic N) is 2. The van der Waals surface area contributed by atoms with Crippen molar-refractivity contribution in [2.75, 3.05) is 18.5 Å². The molecule has 0 aromatic carbocycles. The van der Waals surface area contributed by atoms with Gasteiger partial charge in [-0.05, 0) is 25.5 Å². The van der Waals surface area contributed by atoms with E-state index in [0.717, 1.165) is 18.9 Å². The molecule has 1 aliphatic rings. The number of rotatable bonds is 5. The van der Waals surface area contributed by atoms with Crippen LogP contribution < -0.4 is 10.2 Å². The third kappa shape index (κ3) is 2.97. The summed E-state index contributed by atoms with van der Waals surface area (Å²) < 4.78 is 0. The highest BCUT2D eigenvalue weighted by atomic mass is 15.2. The quantitative estimate of drug-likeness (QED) is 0.847. The van der Waals surface area contributed by atoms with E-state index in [1.54, 1.807) is 0 Å². The summed E-state index contributed by atoms with van der Waals surface area (Å²) in [6.07, 6.45) is 7.26. The van der Waals surface area contributed by atoms with Gasteiger partial charge in [0.05, 0.1) is 0 Å². The summed E-state index contributed by atoms with van der Waals surface area (Å²) in [5.74, 6) is 1.15. The largest absolute Gasteiger partial charge is 0.356 e. The van der Waals surface area contributed by atoms with E-state index in [2.05, 4.69) is 35.2 Å². The van der Waals surface area contributed by atoms with Crippen LogP contribution in [0, 0.1) is 0 Å². The Bertz CT molecular complexity index is 345. The first-order valence-corrected chi connectivity index (χ1v) is 6.70. The Morgan fingerprint density at radius 3 is 2.88 bits per heavy atom. The number of pyridine rings is 1. The van der Waals surface area contributed by atoms with Crippen LogP contribution in [0.2, 0.25) is 0 Å². The monoisotopic (exact) mass is 233 g/mol. The number of anilines is 1. The Morgan fingerprint density at radius 2 is 2.18 bits per heavy atom. The van der Waals surface area contributed by atoms with Crippen LogP contribution in [0.4, 0.5) is 5.82 Å². The van der Waals surface area contributed by atoms with Gasteiger partial charge in [0.1, 0.15) is 5.82 Å². The molecule has 3 nitrogen and oxygen atoms in total. The summed E-state index contributed by atoms with van der Waals surface area (Å²) >= 11 is 0. The van der Waals surface area contributed by atoms with Crippen molar-refractivity contribution in [1.29, 1.82) is 0 Å². The van der Waals surface area contributed by atoms with Crippen molar-refractivity contribution >= 4 is 5.82 Å². The number of aromatic nitrogens is 1. The Balaban J connectivity index is 2.12. The van der Waals surface area contributed by atoms with Crippen LogP contribution in [-0.4, -0.2) is 24.6 Å². The lowest BCUT2D eigenvalue weighted by Gasteiger charge is -2.27. The van der Waals surface area contributed by atoms with Crippen LogP contribution in [0.3, 0.4) is 0 Å². The number of hydrogen-bond acceptors (Lipinski definition) is 3. The standard InChI is InChI=1S/C14H23N3/c1-3-15-11-12-7-6-10-16-14(12)17(2)13-8-4-5-9-13/h6-7,10,13,15H,3-5,8-9,11H2,1-2H3. The molecule has 0 unspecified atom stereocenters. The van der Waals surface area contributed by atoms with Gasteiger partial charge in [-0.3, -0.25) is 0 Å². The molecule has 0 aliphatic heterocycles. The molecule has 1 aromatic heterocycles. The molecule has 1 aliphatic carbocycles. The fraction of sp³-hybridized carbons (Fsp3) is 0.643. The predicted octanol–water partition coefficient (Wildman–Crippen LogP) is 2.57. The van der Waals surface area contributed by atoms with Gasteiger partial charge in [0.2, 0.25) is 0 Å². The topological polar surface area (TPSA) is 28.2 Å². The average Bonchev–Trinajstić information content (AvgIpc) is 2.89. The van der Waals surface area contributed by atoms with Crippen molar-refractivity contribution in [2.24, 2.45) is 0 Å². The minimum absolute atomic E-state index is 0.685. The van der Waals surface area contributed by atoms with Crippen LogP contribution in [0.25, 0.3) is 0 Å². The summed E-state index contributed by atoms with van der Waals surface area (Å²) in [7, 11) is 2.19. The SMILES string of the molecule is CCNCc1cccnc1N(C)C1CCCC1. The lowest BCUT2D eigenvalue weighted by molar-refractivity contribution is 0.637. The van der Waals surface area contributed by atoms with Gasteiger partial charge in [0.15, 0.2) is 0 Å². The van der Waals surface area contributed by atoms with Crippen LogP contribution in [0.15, 0.2) is 18.3 Å². The van der Waals surface area contributed by atoms with E-state index < -0.39 is 0 Å². The van der Waals surface area contributed by atoms with E-state index in [1.807, 2.05) is 12.3 Å². The van der Waals surface area contributed by atoms with Crippen molar-refractivity contribution in [3.63, 3.8) is 0 Å². The minimum Gasteiger partial charge on any atom is -0.356 e. The van der Waals surface area contributed by atoms with Crippen LogP contribution in [-0.2, 0) is 6.54 Å². The second-order valence-corrected chi connectivity index (χ2v) is 4.82. The smallest absolute Gasteiger partial charge is 0.132 e. The van der Waals surface area contributed by atoms with Gasteiger partial charge in [-0.15, -0.1) is 0 Å². The van der Waals surface area contributed by atoms with Crippen molar-refractivity contribution in [3.8, 4) is 0 Å². The predicted molar refractivity (Wildman–Crippen MR) is 72.3 cm³/mol. The molecule has 94 valence electrons. The number of nitrogens with one attached hydrogen (secondary N) is 1. The van der Waals surface area contributed by atoms with Gasteiger partial charge < -0.3 is 10.2 Å². The molecule has 0 spiro atoms. The molecule has 1 heterocycles. The molecule has 1 N–H and O–H groups in total. The van der Waals surface area contributed by atoms with Gasteiger partial charge in [-0.1, -0.05) is 25.8 Å². The van der Waals surface area contributed by atoms with Crippen LogP contribution in [0.1, 0.15) is 38.2 Å². The van der Waals surface area contributed by atoms with E-state index in [4.69, 9.17) is 0 Å². The Labute approximate surface area is 104 Å². The molecule has 0 amide bonds. The highest BCUT2D eigenvalue weighted by molar-refractivity contribution is 5.47. The van der Waals surface area contributed by atoms with Crippen molar-refractivity contribution in [2.45, 2.75) is 45.2 Å². The highest BCUT2D eigenvalue weighted by Gasteiger charge is 2.21. The maximum absolute atomic E-state index is 4.56. The molecular weight excluding hydrogens is 210 g/mol. The summed E-state index contributed by atoms with van der Waals surface area (Å²) in [5, 5.41) is 3.38. The molecular formula is C14H23N3. The van der Waals surface area contributed by atoms with Crippen LogP contribution >= 0.6 is 0 Å². The first-order chi connectivity index (χ1) is 8.33. The molecule has 1 fully saturated rings. The molecule has 17 heavy (non-hydrogen) atoms. The van der Waals surface area contributed by atoms with Crippen LogP contribution in [0.5, 0.6) is 0 Å². The van der Waals surface area contributed by atoms with Crippen molar-refractivity contribution in [3.05, 3.63) is 23.9 Å². The normalized spacial score (nSPS) is 16.4. The van der Waals surface area contributed by atoms with E-state index in [9.17, 15) is 0 Å². The fourth-order valence-electron chi connectivity index (χ4n) is 2.61. The molecule has 2 rings (SSSR count). The van der Waals surface area contributed by atoms with Gasteiger partial charge in [-0.25, -0.2) is 4.98 Å². The Morgan fingerprint density at radius 1 is 1.41 bits per heavy atom. The third-order valence-corrected chi connectivity index (χ3v) is 3.64. The van der Waals surface area contributed by atoms with Crippen molar-refractivity contribution < 1.29 is 0 Å². The second-order valence-electron chi connectivity index (χ2n) is 4.82. The lowest BCUT2D eigenvalue weighted by Crippen LogP contribution is -2.31. The molecule has 1 saturated carbocycles. The summed E-state index contributed by atoms with van der Waals surface area (Å²) in [4.78, 5) is 6.94. The number of hydrogen-bond donors (Lipinski definition) is 1.